The Morgan fingerprint density at radius 1 is 1.65 bits per heavy atom. The summed E-state index contributed by atoms with van der Waals surface area (Å²) in [5, 5.41) is 2.92. The number of hydrogen-bond acceptors (Lipinski definition) is 2. The summed E-state index contributed by atoms with van der Waals surface area (Å²) in [5.41, 5.74) is 0. The molecule has 1 saturated carbocycles. The van der Waals surface area contributed by atoms with E-state index in [2.05, 4.69) is 18.8 Å². The molecule has 1 aliphatic carbocycles. The van der Waals surface area contributed by atoms with E-state index in [0.717, 1.165) is 6.42 Å². The maximum atomic E-state index is 11.8. The minimum atomic E-state index is 0.00705. The molecule has 0 unspecified atom stereocenters. The van der Waals surface area contributed by atoms with E-state index in [9.17, 15) is 9.59 Å². The van der Waals surface area contributed by atoms with E-state index in [0.29, 0.717) is 37.8 Å². The Morgan fingerprint density at radius 2 is 2.35 bits per heavy atom. The third-order valence-electron chi connectivity index (χ3n) is 3.57. The van der Waals surface area contributed by atoms with Crippen LogP contribution in [0.1, 0.15) is 32.6 Å². The zero-order chi connectivity index (χ0) is 12.4. The predicted octanol–water partition coefficient (Wildman–Crippen LogP) is 1.08. The number of nitrogens with zero attached hydrogens (tertiary/aromatic N) is 1. The summed E-state index contributed by atoms with van der Waals surface area (Å²) in [7, 11) is 0. The minimum absolute atomic E-state index is 0.00705. The lowest BCUT2D eigenvalue weighted by Crippen LogP contribution is -2.37. The topological polar surface area (TPSA) is 49.4 Å². The summed E-state index contributed by atoms with van der Waals surface area (Å²) >= 11 is 0. The molecule has 0 bridgehead atoms. The second kappa shape index (κ2) is 4.90. The number of carbonyl (C=O) groups excluding carboxylic acids is 2. The van der Waals surface area contributed by atoms with Gasteiger partial charge in [-0.15, -0.1) is 6.58 Å². The van der Waals surface area contributed by atoms with Crippen LogP contribution < -0.4 is 5.32 Å². The molecule has 0 spiro atoms. The third kappa shape index (κ3) is 2.87. The van der Waals surface area contributed by atoms with Gasteiger partial charge in [-0.05, 0) is 18.8 Å². The molecule has 0 aromatic rings. The van der Waals surface area contributed by atoms with Crippen LogP contribution >= 0.6 is 0 Å². The molecule has 0 aromatic heterocycles. The first-order chi connectivity index (χ1) is 8.11. The first-order valence-corrected chi connectivity index (χ1v) is 6.31. The largest absolute Gasteiger partial charge is 0.351 e. The monoisotopic (exact) mass is 236 g/mol. The Morgan fingerprint density at radius 3 is 2.94 bits per heavy atom. The van der Waals surface area contributed by atoms with Crippen LogP contribution in [0.2, 0.25) is 0 Å². The van der Waals surface area contributed by atoms with Gasteiger partial charge in [-0.1, -0.05) is 13.0 Å². The fourth-order valence-electron chi connectivity index (χ4n) is 2.42. The third-order valence-corrected chi connectivity index (χ3v) is 3.57. The lowest BCUT2D eigenvalue weighted by atomic mass is 10.2. The average molecular weight is 236 g/mol. The SMILES string of the molecule is C=CCCC(=O)N[C@@H]1CC(=O)N([C@H]2C[C@@H]2C)C1. The summed E-state index contributed by atoms with van der Waals surface area (Å²) < 4.78 is 0. The van der Waals surface area contributed by atoms with E-state index in [1.54, 1.807) is 6.08 Å². The highest BCUT2D eigenvalue weighted by molar-refractivity contribution is 5.82. The lowest BCUT2D eigenvalue weighted by Gasteiger charge is -2.16. The number of hydrogen-bond donors (Lipinski definition) is 1. The fourth-order valence-corrected chi connectivity index (χ4v) is 2.42. The number of carbonyl (C=O) groups is 2. The summed E-state index contributed by atoms with van der Waals surface area (Å²) in [4.78, 5) is 25.2. The van der Waals surface area contributed by atoms with Crippen LogP contribution in [0, 0.1) is 5.92 Å². The normalized spacial score (nSPS) is 31.5. The highest BCUT2D eigenvalue weighted by Crippen LogP contribution is 2.37. The molecule has 4 nitrogen and oxygen atoms in total. The van der Waals surface area contributed by atoms with Crippen molar-refractivity contribution in [3.63, 3.8) is 0 Å². The van der Waals surface area contributed by atoms with Crippen molar-refractivity contribution in [3.8, 4) is 0 Å². The molecule has 2 amide bonds. The first kappa shape index (κ1) is 12.1. The second-order valence-corrected chi connectivity index (χ2v) is 5.12. The number of rotatable bonds is 5. The van der Waals surface area contributed by atoms with E-state index >= 15 is 0 Å². The smallest absolute Gasteiger partial charge is 0.225 e. The number of nitrogens with one attached hydrogen (secondary N) is 1. The van der Waals surface area contributed by atoms with Crippen molar-refractivity contribution in [2.45, 2.75) is 44.7 Å². The maximum absolute atomic E-state index is 11.8. The summed E-state index contributed by atoms with van der Waals surface area (Å²) in [6, 6.07) is 0.435. The van der Waals surface area contributed by atoms with Crippen molar-refractivity contribution >= 4 is 11.8 Å². The molecule has 94 valence electrons. The van der Waals surface area contributed by atoms with Crippen LogP contribution in [0.25, 0.3) is 0 Å². The van der Waals surface area contributed by atoms with Crippen molar-refractivity contribution in [2.75, 3.05) is 6.54 Å². The molecular weight excluding hydrogens is 216 g/mol. The van der Waals surface area contributed by atoms with Gasteiger partial charge in [0.1, 0.15) is 0 Å². The van der Waals surface area contributed by atoms with Gasteiger partial charge < -0.3 is 10.2 Å². The molecule has 2 aliphatic rings. The highest BCUT2D eigenvalue weighted by Gasteiger charge is 2.44. The second-order valence-electron chi connectivity index (χ2n) is 5.12. The van der Waals surface area contributed by atoms with E-state index in [4.69, 9.17) is 0 Å². The van der Waals surface area contributed by atoms with Gasteiger partial charge in [0.25, 0.3) is 0 Å². The van der Waals surface area contributed by atoms with Gasteiger partial charge in [0.2, 0.25) is 11.8 Å². The molecular formula is C13H20N2O2. The fraction of sp³-hybridized carbons (Fsp3) is 0.692. The molecule has 1 aliphatic heterocycles. The van der Waals surface area contributed by atoms with Gasteiger partial charge in [0.15, 0.2) is 0 Å². The van der Waals surface area contributed by atoms with E-state index < -0.39 is 0 Å². The molecule has 17 heavy (non-hydrogen) atoms. The Labute approximate surface area is 102 Å². The quantitative estimate of drug-likeness (QED) is 0.726. The molecule has 1 heterocycles. The summed E-state index contributed by atoms with van der Waals surface area (Å²) in [6.07, 6.45) is 4.47. The summed E-state index contributed by atoms with van der Waals surface area (Å²) in [5.74, 6) is 0.843. The zero-order valence-corrected chi connectivity index (χ0v) is 10.3. The lowest BCUT2D eigenvalue weighted by molar-refractivity contribution is -0.128. The Balaban J connectivity index is 1.78. The van der Waals surface area contributed by atoms with Gasteiger partial charge in [-0.25, -0.2) is 0 Å². The first-order valence-electron chi connectivity index (χ1n) is 6.31. The number of likely N-dealkylation sites (tertiary alicyclic amines) is 1. The molecule has 1 saturated heterocycles. The van der Waals surface area contributed by atoms with Gasteiger partial charge in [-0.2, -0.15) is 0 Å². The molecule has 3 atom stereocenters. The molecule has 1 N–H and O–H groups in total. The standard InChI is InChI=1S/C13H20N2O2/c1-3-4-5-12(16)14-10-7-13(17)15(8-10)11-6-9(11)2/h3,9-11H,1,4-8H2,2H3,(H,14,16)/t9-,10+,11-/m0/s1. The Hall–Kier alpha value is -1.32. The van der Waals surface area contributed by atoms with Crippen LogP contribution in [-0.4, -0.2) is 35.3 Å². The zero-order valence-electron chi connectivity index (χ0n) is 10.3. The van der Waals surface area contributed by atoms with Crippen molar-refractivity contribution in [1.29, 1.82) is 0 Å². The molecule has 0 radical (unpaired) electrons. The van der Waals surface area contributed by atoms with Crippen molar-refractivity contribution in [1.82, 2.24) is 10.2 Å². The van der Waals surface area contributed by atoms with Gasteiger partial charge in [0, 0.05) is 25.4 Å². The molecule has 2 rings (SSSR count). The van der Waals surface area contributed by atoms with E-state index in [-0.39, 0.29) is 17.9 Å². The van der Waals surface area contributed by atoms with Crippen LogP contribution in [0.4, 0.5) is 0 Å². The van der Waals surface area contributed by atoms with Crippen LogP contribution in [0.3, 0.4) is 0 Å². The van der Waals surface area contributed by atoms with Crippen LogP contribution in [-0.2, 0) is 9.59 Å². The van der Waals surface area contributed by atoms with E-state index in [1.165, 1.54) is 0 Å². The van der Waals surface area contributed by atoms with Gasteiger partial charge in [0.05, 0.1) is 6.04 Å². The van der Waals surface area contributed by atoms with Gasteiger partial charge in [-0.3, -0.25) is 9.59 Å². The summed E-state index contributed by atoms with van der Waals surface area (Å²) in [6.45, 7) is 6.43. The maximum Gasteiger partial charge on any atom is 0.225 e. The molecule has 4 heteroatoms. The Bertz CT molecular complexity index is 340. The number of allylic oxidation sites excluding steroid dienone is 1. The highest BCUT2D eigenvalue weighted by atomic mass is 16.2. The van der Waals surface area contributed by atoms with Crippen molar-refractivity contribution < 1.29 is 9.59 Å². The Kier molecular flexibility index (Phi) is 3.50. The van der Waals surface area contributed by atoms with E-state index in [1.807, 2.05) is 4.90 Å². The average Bonchev–Trinajstić information content (AvgIpc) is 2.88. The molecule has 0 aromatic carbocycles. The van der Waals surface area contributed by atoms with Gasteiger partial charge >= 0.3 is 0 Å². The van der Waals surface area contributed by atoms with Crippen molar-refractivity contribution in [2.24, 2.45) is 5.92 Å². The van der Waals surface area contributed by atoms with Crippen LogP contribution in [0.5, 0.6) is 0 Å². The predicted molar refractivity (Wildman–Crippen MR) is 65.3 cm³/mol. The minimum Gasteiger partial charge on any atom is -0.351 e. The van der Waals surface area contributed by atoms with Crippen LogP contribution in [0.15, 0.2) is 12.7 Å². The molecule has 2 fully saturated rings. The number of amides is 2. The van der Waals surface area contributed by atoms with Crippen molar-refractivity contribution in [3.05, 3.63) is 12.7 Å².